The maximum Gasteiger partial charge on any atom is 0.416 e. The van der Waals surface area contributed by atoms with E-state index in [0.29, 0.717) is 22.2 Å². The summed E-state index contributed by atoms with van der Waals surface area (Å²) in [5.74, 6) is -1.13. The lowest BCUT2D eigenvalue weighted by atomic mass is 9.94. The van der Waals surface area contributed by atoms with Crippen LogP contribution in [0, 0.1) is 5.82 Å². The highest BCUT2D eigenvalue weighted by Gasteiger charge is 2.42. The van der Waals surface area contributed by atoms with Gasteiger partial charge in [0.2, 0.25) is 0 Å². The van der Waals surface area contributed by atoms with Gasteiger partial charge in [-0.25, -0.2) is 14.4 Å². The molecule has 2 N–H and O–H groups in total. The lowest BCUT2D eigenvalue weighted by Gasteiger charge is -2.36. The summed E-state index contributed by atoms with van der Waals surface area (Å²) in [6.45, 7) is 0.123. The fraction of sp³-hybridized carbons (Fsp3) is 0.292. The molecule has 2 aromatic carbocycles. The highest BCUT2D eigenvalue weighted by molar-refractivity contribution is 5.99. The van der Waals surface area contributed by atoms with E-state index in [1.165, 1.54) is 24.7 Å². The summed E-state index contributed by atoms with van der Waals surface area (Å²) in [6, 6.07) is 5.25. The van der Waals surface area contributed by atoms with Crippen molar-refractivity contribution in [3.8, 4) is 0 Å². The smallest absolute Gasteiger partial charge is 0.382 e. The number of fused-ring (bicyclic) bond motifs is 4. The van der Waals surface area contributed by atoms with Gasteiger partial charge in [0.15, 0.2) is 0 Å². The van der Waals surface area contributed by atoms with Crippen LogP contribution in [-0.2, 0) is 17.5 Å². The number of alkyl halides is 3. The Labute approximate surface area is 196 Å². The minimum Gasteiger partial charge on any atom is -0.382 e. The number of benzene rings is 2. The average molecular weight is 485 g/mol. The van der Waals surface area contributed by atoms with Crippen LogP contribution in [0.5, 0.6) is 0 Å². The number of amides is 1. The van der Waals surface area contributed by atoms with Crippen molar-refractivity contribution in [3.05, 3.63) is 70.9 Å². The van der Waals surface area contributed by atoms with Crippen LogP contribution < -0.4 is 5.73 Å². The van der Waals surface area contributed by atoms with Gasteiger partial charge in [0.1, 0.15) is 17.2 Å². The number of nitrogens with two attached hydrogens (primary N) is 1. The van der Waals surface area contributed by atoms with Gasteiger partial charge in [-0.05, 0) is 42.2 Å². The molecule has 1 atom stereocenters. The number of halogens is 4. The molecule has 3 heterocycles. The van der Waals surface area contributed by atoms with Crippen molar-refractivity contribution in [2.24, 2.45) is 0 Å². The van der Waals surface area contributed by atoms with Crippen LogP contribution in [-0.4, -0.2) is 37.8 Å². The summed E-state index contributed by atoms with van der Waals surface area (Å²) in [5, 5.41) is 0. The Morgan fingerprint density at radius 1 is 1.17 bits per heavy atom. The first-order chi connectivity index (χ1) is 16.7. The van der Waals surface area contributed by atoms with Gasteiger partial charge in [-0.3, -0.25) is 9.20 Å². The molecular formula is C24H19F4N5O2. The molecule has 1 aliphatic heterocycles. The van der Waals surface area contributed by atoms with Crippen molar-refractivity contribution in [1.82, 2.24) is 19.3 Å². The minimum absolute atomic E-state index is 0.0124. The molecule has 1 amide bonds. The SMILES string of the molecule is Nc1nc2cc(F)c(C(=O)N(C3CC3)[C@@H]3COCc4cc(C(F)(F)F)ccc43)cc2n2cncc12. The van der Waals surface area contributed by atoms with Gasteiger partial charge >= 0.3 is 6.18 Å². The molecule has 180 valence electrons. The molecule has 1 aliphatic carbocycles. The lowest BCUT2D eigenvalue weighted by molar-refractivity contribution is -0.137. The number of carbonyl (C=O) groups is 1. The number of nitrogen functional groups attached to an aromatic ring is 1. The molecule has 35 heavy (non-hydrogen) atoms. The van der Waals surface area contributed by atoms with Gasteiger partial charge in [-0.1, -0.05) is 6.07 Å². The van der Waals surface area contributed by atoms with Gasteiger partial charge in [0.05, 0.1) is 53.9 Å². The molecule has 0 spiro atoms. The maximum atomic E-state index is 15.2. The molecule has 6 rings (SSSR count). The van der Waals surface area contributed by atoms with Gasteiger partial charge < -0.3 is 15.4 Å². The standard InChI is InChI=1S/C24H19F4N5O2/c25-17-7-18-19(32-11-30-8-20(32)22(29)31-18)6-16(17)23(34)33(14-2-3-14)21-10-35-9-12-5-13(24(26,27)28)1-4-15(12)21/h1,4-8,11,14,21H,2-3,9-10H2,(H2,29,31)/t21-/m1/s1. The molecule has 1 fully saturated rings. The third-order valence-electron chi connectivity index (χ3n) is 6.57. The lowest BCUT2D eigenvalue weighted by Crippen LogP contribution is -2.41. The maximum absolute atomic E-state index is 15.2. The first kappa shape index (κ1) is 21.8. The highest BCUT2D eigenvalue weighted by atomic mass is 19.4. The zero-order valence-corrected chi connectivity index (χ0v) is 18.2. The van der Waals surface area contributed by atoms with Crippen molar-refractivity contribution < 1.29 is 27.1 Å². The van der Waals surface area contributed by atoms with E-state index in [1.807, 2.05) is 0 Å². The Bertz CT molecular complexity index is 1500. The monoisotopic (exact) mass is 485 g/mol. The first-order valence-electron chi connectivity index (χ1n) is 11.0. The summed E-state index contributed by atoms with van der Waals surface area (Å²) in [6.07, 6.45) is -0.0224. The molecular weight excluding hydrogens is 466 g/mol. The van der Waals surface area contributed by atoms with Crippen molar-refractivity contribution in [3.63, 3.8) is 0 Å². The van der Waals surface area contributed by atoms with E-state index >= 15 is 4.39 Å². The fourth-order valence-corrected chi connectivity index (χ4v) is 4.75. The van der Waals surface area contributed by atoms with Crippen LogP contribution in [0.25, 0.3) is 16.6 Å². The van der Waals surface area contributed by atoms with Crippen molar-refractivity contribution in [1.29, 1.82) is 0 Å². The van der Waals surface area contributed by atoms with Gasteiger partial charge in [0, 0.05) is 12.1 Å². The van der Waals surface area contributed by atoms with Crippen LogP contribution in [0.1, 0.15) is 45.9 Å². The van der Waals surface area contributed by atoms with Gasteiger partial charge in [0.25, 0.3) is 5.91 Å². The summed E-state index contributed by atoms with van der Waals surface area (Å²) < 4.78 is 62.1. The third-order valence-corrected chi connectivity index (χ3v) is 6.57. The fourth-order valence-electron chi connectivity index (χ4n) is 4.75. The van der Waals surface area contributed by atoms with E-state index in [1.54, 1.807) is 9.30 Å². The Kier molecular flexibility index (Phi) is 4.75. The number of rotatable bonds is 3. The second kappa shape index (κ2) is 7.64. The number of nitrogens with zero attached hydrogens (tertiary/aromatic N) is 4. The van der Waals surface area contributed by atoms with E-state index in [0.717, 1.165) is 31.0 Å². The molecule has 0 bridgehead atoms. The molecule has 2 aromatic heterocycles. The molecule has 1 saturated carbocycles. The van der Waals surface area contributed by atoms with Crippen LogP contribution in [0.3, 0.4) is 0 Å². The second-order valence-corrected chi connectivity index (χ2v) is 8.85. The third kappa shape index (κ3) is 3.57. The summed E-state index contributed by atoms with van der Waals surface area (Å²) in [4.78, 5) is 23.6. The quantitative estimate of drug-likeness (QED) is 0.432. The number of anilines is 1. The highest BCUT2D eigenvalue weighted by Crippen LogP contribution is 2.41. The van der Waals surface area contributed by atoms with E-state index in [2.05, 4.69) is 9.97 Å². The number of carbonyl (C=O) groups excluding carboxylic acids is 1. The predicted molar refractivity (Wildman–Crippen MR) is 118 cm³/mol. The zero-order chi connectivity index (χ0) is 24.5. The zero-order valence-electron chi connectivity index (χ0n) is 18.2. The molecule has 7 nitrogen and oxygen atoms in total. The Balaban J connectivity index is 1.44. The van der Waals surface area contributed by atoms with Crippen molar-refractivity contribution >= 4 is 28.3 Å². The second-order valence-electron chi connectivity index (χ2n) is 8.85. The van der Waals surface area contributed by atoms with Crippen LogP contribution in [0.4, 0.5) is 23.4 Å². The van der Waals surface area contributed by atoms with Gasteiger partial charge in [-0.15, -0.1) is 0 Å². The van der Waals surface area contributed by atoms with E-state index in [-0.39, 0.29) is 36.2 Å². The molecule has 4 aromatic rings. The summed E-state index contributed by atoms with van der Waals surface area (Å²) >= 11 is 0. The number of aromatic nitrogens is 3. The number of hydrogen-bond acceptors (Lipinski definition) is 5. The summed E-state index contributed by atoms with van der Waals surface area (Å²) in [7, 11) is 0. The van der Waals surface area contributed by atoms with E-state index in [9.17, 15) is 18.0 Å². The molecule has 11 heteroatoms. The summed E-state index contributed by atoms with van der Waals surface area (Å²) in [5.41, 5.74) is 7.20. The molecule has 2 aliphatic rings. The van der Waals surface area contributed by atoms with E-state index in [4.69, 9.17) is 10.5 Å². The van der Waals surface area contributed by atoms with Crippen LogP contribution >= 0.6 is 0 Å². The average Bonchev–Trinajstić information content (AvgIpc) is 3.52. The molecule has 0 unspecified atom stereocenters. The minimum atomic E-state index is -4.49. The first-order valence-corrected chi connectivity index (χ1v) is 11.0. The van der Waals surface area contributed by atoms with Gasteiger partial charge in [-0.2, -0.15) is 13.2 Å². The Morgan fingerprint density at radius 3 is 2.71 bits per heavy atom. The van der Waals surface area contributed by atoms with Crippen LogP contribution in [0.2, 0.25) is 0 Å². The largest absolute Gasteiger partial charge is 0.416 e. The normalized spacial score (nSPS) is 18.1. The van der Waals surface area contributed by atoms with Crippen molar-refractivity contribution in [2.75, 3.05) is 12.3 Å². The predicted octanol–water partition coefficient (Wildman–Crippen LogP) is 4.50. The topological polar surface area (TPSA) is 85.8 Å². The van der Waals surface area contributed by atoms with Crippen molar-refractivity contribution in [2.45, 2.75) is 37.7 Å². The molecule has 0 radical (unpaired) electrons. The van der Waals surface area contributed by atoms with E-state index < -0.39 is 29.5 Å². The Hall–Kier alpha value is -3.73. The molecule has 0 saturated heterocycles. The Morgan fingerprint density at radius 2 is 1.97 bits per heavy atom. The number of hydrogen-bond donors (Lipinski definition) is 1. The number of imidazole rings is 1. The van der Waals surface area contributed by atoms with Crippen LogP contribution in [0.15, 0.2) is 42.9 Å². The number of ether oxygens (including phenoxy) is 1.